The molecule has 0 unspecified atom stereocenters. The van der Waals surface area contributed by atoms with Crippen molar-refractivity contribution >= 4 is 12.9 Å². The Labute approximate surface area is 54.8 Å². The first kappa shape index (κ1) is 7.18. The quantitative estimate of drug-likeness (QED) is 0.155. The van der Waals surface area contributed by atoms with Crippen molar-refractivity contribution in [3.63, 3.8) is 0 Å². The Bertz CT molecular complexity index is 74.1. The summed E-state index contributed by atoms with van der Waals surface area (Å²) in [6.07, 6.45) is 1.90. The van der Waals surface area contributed by atoms with Gasteiger partial charge in [0.1, 0.15) is 0 Å². The summed E-state index contributed by atoms with van der Waals surface area (Å²) >= 11 is 0.432. The summed E-state index contributed by atoms with van der Waals surface area (Å²) in [4.78, 5) is 0. The normalized spacial score (nSPS) is 8.14. The molecular formula is C5H10IN. The van der Waals surface area contributed by atoms with Gasteiger partial charge < -0.3 is 0 Å². The Morgan fingerprint density at radius 2 is 2.57 bits per heavy atom. The van der Waals surface area contributed by atoms with Crippen LogP contribution in [0.3, 0.4) is 0 Å². The Hall–Kier alpha value is 0.180. The molecule has 0 rings (SSSR count). The Kier molecular flexibility index (Phi) is 6.34. The van der Waals surface area contributed by atoms with Crippen molar-refractivity contribution in [1.29, 1.82) is 0 Å². The van der Waals surface area contributed by atoms with Crippen molar-refractivity contribution in [3.8, 4) is 0 Å². The summed E-state index contributed by atoms with van der Waals surface area (Å²) in [5.74, 6) is 0. The zero-order valence-corrected chi connectivity index (χ0v) is 6.68. The summed E-state index contributed by atoms with van der Waals surface area (Å²) in [6, 6.07) is 0. The van der Waals surface area contributed by atoms with Crippen molar-refractivity contribution in [2.45, 2.75) is 6.92 Å². The molecule has 0 amide bonds. The van der Waals surface area contributed by atoms with Gasteiger partial charge in [-0.1, -0.05) is 0 Å². The number of rotatable bonds is 3. The van der Waals surface area contributed by atoms with Crippen LogP contribution < -0.4 is 25.9 Å². The second-order valence-corrected chi connectivity index (χ2v) is 4.46. The topological polar surface area (TPSA) is 14.1 Å². The molecule has 1 nitrogen and oxygen atoms in total. The molecule has 0 radical (unpaired) electrons. The zero-order chi connectivity index (χ0) is 5.54. The van der Waals surface area contributed by atoms with E-state index in [1.54, 1.807) is 0 Å². The molecule has 0 saturated heterocycles. The van der Waals surface area contributed by atoms with Crippen LogP contribution in [0, 0.1) is 0 Å². The van der Waals surface area contributed by atoms with Crippen LogP contribution in [0.5, 0.6) is 0 Å². The second-order valence-electron chi connectivity index (χ2n) is 0.976. The molecule has 2 heteroatoms. The average molecular weight is 211 g/mol. The number of halogens is 1. The van der Waals surface area contributed by atoms with Crippen LogP contribution in [-0.4, -0.2) is 21.8 Å². The van der Waals surface area contributed by atoms with Gasteiger partial charge in [-0.05, 0) is 0 Å². The van der Waals surface area contributed by atoms with Gasteiger partial charge in [-0.25, -0.2) is 0 Å². The van der Waals surface area contributed by atoms with Crippen LogP contribution in [-0.2, 0) is 0 Å². The fraction of sp³-hybridized carbons (Fsp3) is 0.600. The third-order valence-corrected chi connectivity index (χ3v) is 2.59. The second kappa shape index (κ2) is 6.18. The minimum absolute atomic E-state index is 0.432. The Morgan fingerprint density at radius 1 is 1.86 bits per heavy atom. The summed E-state index contributed by atoms with van der Waals surface area (Å²) in [7, 11) is 0. The van der Waals surface area contributed by atoms with Crippen LogP contribution in [0.4, 0.5) is 0 Å². The van der Waals surface area contributed by atoms with E-state index < -0.39 is 0 Å². The number of alkyl halides is 2. The predicted molar refractivity (Wildman–Crippen MR) is 30.7 cm³/mol. The molecule has 0 heterocycles. The van der Waals surface area contributed by atoms with Crippen LogP contribution in [0.25, 0.3) is 0 Å². The molecule has 0 fully saturated rings. The fourth-order valence-corrected chi connectivity index (χ4v) is 1.39. The van der Waals surface area contributed by atoms with Crippen molar-refractivity contribution in [3.05, 3.63) is 0 Å². The third-order valence-electron chi connectivity index (χ3n) is 0.496. The molecule has 0 bridgehead atoms. The predicted octanol–water partition coefficient (Wildman–Crippen LogP) is -3.07. The van der Waals surface area contributed by atoms with Gasteiger partial charge in [0.25, 0.3) is 0 Å². The van der Waals surface area contributed by atoms with E-state index >= 15 is 0 Å². The van der Waals surface area contributed by atoms with Gasteiger partial charge in [0.15, 0.2) is 0 Å². The van der Waals surface area contributed by atoms with E-state index in [2.05, 4.69) is 18.3 Å². The Morgan fingerprint density at radius 3 is 3.00 bits per heavy atom. The van der Waals surface area contributed by atoms with Gasteiger partial charge in [-0.3, -0.25) is 0 Å². The van der Waals surface area contributed by atoms with Crippen molar-refractivity contribution < 1.29 is 21.2 Å². The van der Waals surface area contributed by atoms with Crippen molar-refractivity contribution in [1.82, 2.24) is 4.67 Å². The zero-order valence-electron chi connectivity index (χ0n) is 4.52. The molecular weight excluding hydrogens is 201 g/mol. The first-order chi connectivity index (χ1) is 3.41. The molecule has 0 spiro atoms. The molecule has 0 aromatic rings. The molecule has 0 aliphatic rings. The average Bonchev–Trinajstić information content (AvgIpc) is 1.69. The number of hydrogen-bond acceptors (Lipinski definition) is 0. The van der Waals surface area contributed by atoms with Gasteiger partial charge in [0.2, 0.25) is 0 Å². The first-order valence-corrected chi connectivity index (χ1v) is 5.28. The first-order valence-electron chi connectivity index (χ1n) is 2.22. The van der Waals surface area contributed by atoms with Gasteiger partial charge in [-0.15, -0.1) is 0 Å². The summed E-state index contributed by atoms with van der Waals surface area (Å²) in [6.45, 7) is 5.56. The molecule has 0 atom stereocenters. The summed E-state index contributed by atoms with van der Waals surface area (Å²) < 4.78 is 6.17. The van der Waals surface area contributed by atoms with Crippen LogP contribution in [0.2, 0.25) is 0 Å². The maximum atomic E-state index is 3.63. The van der Waals surface area contributed by atoms with Gasteiger partial charge in [0.05, 0.1) is 0 Å². The molecule has 0 aromatic carbocycles. The van der Waals surface area contributed by atoms with Crippen LogP contribution >= 0.6 is 0 Å². The minimum atomic E-state index is 0.432. The third kappa shape index (κ3) is 6.18. The number of nitrogens with zero attached hydrogens (tertiary/aromatic N) is 1. The van der Waals surface area contributed by atoms with E-state index in [-0.39, 0.29) is 0 Å². The molecule has 7 heavy (non-hydrogen) atoms. The Balaban J connectivity index is 2.83. The van der Waals surface area contributed by atoms with E-state index in [1.807, 2.05) is 6.21 Å². The van der Waals surface area contributed by atoms with E-state index in [9.17, 15) is 0 Å². The summed E-state index contributed by atoms with van der Waals surface area (Å²) in [5.41, 5.74) is 0. The maximum absolute atomic E-state index is 3.63. The summed E-state index contributed by atoms with van der Waals surface area (Å²) in [5, 5.41) is 0. The monoisotopic (exact) mass is 211 g/mol. The van der Waals surface area contributed by atoms with Crippen LogP contribution in [0.15, 0.2) is 0 Å². The van der Waals surface area contributed by atoms with E-state index in [0.717, 1.165) is 0 Å². The van der Waals surface area contributed by atoms with Crippen molar-refractivity contribution in [2.75, 3.05) is 8.86 Å². The van der Waals surface area contributed by atoms with Gasteiger partial charge in [0, 0.05) is 0 Å². The standard InChI is InChI=1S/C5H10IN/c1-3-6-4-5-7-2/h5H,2-4H2,1H3. The fourth-order valence-electron chi connectivity index (χ4n) is 0.207. The molecule has 42 valence electrons. The van der Waals surface area contributed by atoms with Crippen molar-refractivity contribution in [2.24, 2.45) is 0 Å². The van der Waals surface area contributed by atoms with Crippen LogP contribution in [0.1, 0.15) is 6.92 Å². The van der Waals surface area contributed by atoms with E-state index in [1.165, 1.54) is 8.86 Å². The number of hydrogen-bond donors (Lipinski definition) is 0. The molecule has 0 aromatic heterocycles. The van der Waals surface area contributed by atoms with E-state index in [0.29, 0.717) is 21.2 Å². The van der Waals surface area contributed by atoms with Gasteiger partial charge in [-0.2, -0.15) is 0 Å². The van der Waals surface area contributed by atoms with E-state index in [4.69, 9.17) is 0 Å². The molecule has 0 N–H and O–H groups in total. The SMILES string of the molecule is C=[N+]=CC[I-]CC. The van der Waals surface area contributed by atoms with Gasteiger partial charge >= 0.3 is 54.6 Å². The molecule has 0 saturated carbocycles. The molecule has 0 aliphatic heterocycles. The molecule has 0 aliphatic carbocycles.